The lowest BCUT2D eigenvalue weighted by Crippen LogP contribution is -2.48. The molecule has 0 radical (unpaired) electrons. The summed E-state index contributed by atoms with van der Waals surface area (Å²) in [5.41, 5.74) is 0.553. The predicted octanol–water partition coefficient (Wildman–Crippen LogP) is 0.617. The second kappa shape index (κ2) is 9.58. The fourth-order valence-corrected chi connectivity index (χ4v) is 2.73. The van der Waals surface area contributed by atoms with Crippen LogP contribution in [0, 0.1) is 0 Å². The van der Waals surface area contributed by atoms with Crippen molar-refractivity contribution in [2.45, 2.75) is 12.5 Å². The molecule has 1 amide bonds. The zero-order chi connectivity index (χ0) is 17.4. The summed E-state index contributed by atoms with van der Waals surface area (Å²) in [6.07, 6.45) is -0.136. The van der Waals surface area contributed by atoms with E-state index in [0.29, 0.717) is 17.3 Å². The summed E-state index contributed by atoms with van der Waals surface area (Å²) in [5.74, 6) is -1.39. The van der Waals surface area contributed by atoms with Crippen LogP contribution in [0.5, 0.6) is 0 Å². The van der Waals surface area contributed by atoms with Gasteiger partial charge in [0.2, 0.25) is 5.91 Å². The van der Waals surface area contributed by atoms with E-state index < -0.39 is 12.0 Å². The number of hydrogen-bond acceptors (Lipinski definition) is 5. The van der Waals surface area contributed by atoms with Gasteiger partial charge in [0.05, 0.1) is 6.42 Å². The molecule has 1 aliphatic rings. The van der Waals surface area contributed by atoms with Crippen LogP contribution >= 0.6 is 11.6 Å². The first-order valence-corrected chi connectivity index (χ1v) is 8.37. The quantitative estimate of drug-likeness (QED) is 0.547. The van der Waals surface area contributed by atoms with Gasteiger partial charge in [0, 0.05) is 50.0 Å². The third kappa shape index (κ3) is 6.45. The molecule has 132 valence electrons. The Bertz CT molecular complexity index is 564. The molecule has 1 aromatic rings. The molecule has 2 rings (SSSR count). The Labute approximate surface area is 146 Å². The number of aliphatic carboxylic acids is 1. The number of rotatable bonds is 8. The van der Waals surface area contributed by atoms with Crippen LogP contribution in [0.25, 0.3) is 0 Å². The Morgan fingerprint density at radius 1 is 1.33 bits per heavy atom. The van der Waals surface area contributed by atoms with Gasteiger partial charge in [-0.25, -0.2) is 0 Å². The highest BCUT2D eigenvalue weighted by molar-refractivity contribution is 6.30. The maximum absolute atomic E-state index is 12.0. The molecule has 0 spiro atoms. The zero-order valence-electron chi connectivity index (χ0n) is 13.4. The number of amides is 1. The molecule has 1 fully saturated rings. The Balaban J connectivity index is 1.77. The minimum absolute atomic E-state index is 0.136. The highest BCUT2D eigenvalue weighted by Crippen LogP contribution is 2.15. The molecular formula is C16H23ClN4O3. The molecule has 0 aromatic heterocycles. The number of nitrogens with zero attached hydrogens (tertiary/aromatic N) is 1. The Morgan fingerprint density at radius 3 is 2.75 bits per heavy atom. The van der Waals surface area contributed by atoms with Crippen LogP contribution in [-0.2, 0) is 9.59 Å². The lowest BCUT2D eigenvalue weighted by molar-refractivity contribution is -0.141. The van der Waals surface area contributed by atoms with E-state index in [0.717, 1.165) is 32.7 Å². The maximum atomic E-state index is 12.0. The zero-order valence-corrected chi connectivity index (χ0v) is 14.2. The number of anilines is 1. The van der Waals surface area contributed by atoms with E-state index >= 15 is 0 Å². The van der Waals surface area contributed by atoms with Crippen molar-refractivity contribution in [1.82, 2.24) is 15.5 Å². The predicted molar refractivity (Wildman–Crippen MR) is 93.4 cm³/mol. The fourth-order valence-electron chi connectivity index (χ4n) is 2.54. The lowest BCUT2D eigenvalue weighted by atomic mass is 10.2. The molecule has 24 heavy (non-hydrogen) atoms. The highest BCUT2D eigenvalue weighted by Gasteiger charge is 2.21. The number of carbonyl (C=O) groups is 2. The van der Waals surface area contributed by atoms with E-state index in [1.807, 2.05) is 0 Å². The van der Waals surface area contributed by atoms with Gasteiger partial charge in [-0.05, 0) is 18.2 Å². The van der Waals surface area contributed by atoms with Gasteiger partial charge in [0.1, 0.15) is 6.04 Å². The van der Waals surface area contributed by atoms with Crippen LogP contribution in [-0.4, -0.2) is 67.2 Å². The number of hydrogen-bond donors (Lipinski definition) is 4. The molecule has 1 aliphatic heterocycles. The largest absolute Gasteiger partial charge is 0.480 e. The number of piperazine rings is 1. The topological polar surface area (TPSA) is 93.7 Å². The normalized spacial score (nSPS) is 16.5. The van der Waals surface area contributed by atoms with Crippen molar-refractivity contribution in [3.63, 3.8) is 0 Å². The van der Waals surface area contributed by atoms with Gasteiger partial charge in [-0.15, -0.1) is 0 Å². The smallest absolute Gasteiger partial charge is 0.321 e. The van der Waals surface area contributed by atoms with E-state index in [4.69, 9.17) is 11.6 Å². The molecule has 1 unspecified atom stereocenters. The van der Waals surface area contributed by atoms with Crippen molar-refractivity contribution in [3.8, 4) is 0 Å². The summed E-state index contributed by atoms with van der Waals surface area (Å²) in [5, 5.41) is 18.7. The van der Waals surface area contributed by atoms with Crippen LogP contribution in [0.15, 0.2) is 24.3 Å². The van der Waals surface area contributed by atoms with Crippen LogP contribution in [0.4, 0.5) is 5.69 Å². The van der Waals surface area contributed by atoms with Crippen LogP contribution in [0.1, 0.15) is 6.42 Å². The third-order valence-corrected chi connectivity index (χ3v) is 4.06. The Kier molecular flexibility index (Phi) is 7.45. The van der Waals surface area contributed by atoms with Crippen molar-refractivity contribution in [2.24, 2.45) is 0 Å². The third-order valence-electron chi connectivity index (χ3n) is 3.82. The molecule has 8 heteroatoms. The lowest BCUT2D eigenvalue weighted by Gasteiger charge is -2.27. The molecule has 4 N–H and O–H groups in total. The van der Waals surface area contributed by atoms with Crippen LogP contribution < -0.4 is 16.0 Å². The average Bonchev–Trinajstić information content (AvgIpc) is 2.54. The van der Waals surface area contributed by atoms with Gasteiger partial charge in [0.25, 0.3) is 0 Å². The molecule has 0 aliphatic carbocycles. The number of carboxylic acids is 1. The van der Waals surface area contributed by atoms with E-state index in [1.54, 1.807) is 24.3 Å². The van der Waals surface area contributed by atoms with Crippen molar-refractivity contribution < 1.29 is 14.7 Å². The first-order chi connectivity index (χ1) is 11.5. The summed E-state index contributed by atoms with van der Waals surface area (Å²) in [7, 11) is 0. The van der Waals surface area contributed by atoms with Gasteiger partial charge in [-0.1, -0.05) is 17.7 Å². The van der Waals surface area contributed by atoms with Gasteiger partial charge < -0.3 is 21.1 Å². The SMILES string of the molecule is O=C(CC(NCCN1CCNCC1)C(=O)O)Nc1cccc(Cl)c1. The number of benzene rings is 1. The Morgan fingerprint density at radius 2 is 2.08 bits per heavy atom. The molecule has 1 atom stereocenters. The average molecular weight is 355 g/mol. The molecule has 1 saturated heterocycles. The molecule has 1 aromatic carbocycles. The molecule has 0 saturated carbocycles. The summed E-state index contributed by atoms with van der Waals surface area (Å²) in [6, 6.07) is 5.84. The van der Waals surface area contributed by atoms with Crippen LogP contribution in [0.2, 0.25) is 5.02 Å². The van der Waals surface area contributed by atoms with Gasteiger partial charge in [-0.3, -0.25) is 14.5 Å². The van der Waals surface area contributed by atoms with E-state index in [-0.39, 0.29) is 12.3 Å². The number of nitrogens with one attached hydrogen (secondary N) is 3. The van der Waals surface area contributed by atoms with E-state index in [1.165, 1.54) is 0 Å². The maximum Gasteiger partial charge on any atom is 0.321 e. The number of halogens is 1. The Hall–Kier alpha value is -1.67. The summed E-state index contributed by atoms with van der Waals surface area (Å²) in [4.78, 5) is 25.6. The van der Waals surface area contributed by atoms with Gasteiger partial charge >= 0.3 is 5.97 Å². The standard InChI is InChI=1S/C16H23ClN4O3/c17-12-2-1-3-13(10-12)20-15(22)11-14(16(23)24)19-6-9-21-7-4-18-5-8-21/h1-3,10,14,18-19H,4-9,11H2,(H,20,22)(H,23,24). The minimum atomic E-state index is -1.03. The first-order valence-electron chi connectivity index (χ1n) is 7.99. The van der Waals surface area contributed by atoms with Crippen molar-refractivity contribution >= 4 is 29.2 Å². The van der Waals surface area contributed by atoms with Gasteiger partial charge in [0.15, 0.2) is 0 Å². The highest BCUT2D eigenvalue weighted by atomic mass is 35.5. The van der Waals surface area contributed by atoms with E-state index in [9.17, 15) is 14.7 Å². The first kappa shape index (κ1) is 18.7. The minimum Gasteiger partial charge on any atom is -0.480 e. The molecule has 0 bridgehead atoms. The second-order valence-electron chi connectivity index (χ2n) is 5.70. The number of carboxylic acid groups (broad SMARTS) is 1. The molecule has 1 heterocycles. The molecular weight excluding hydrogens is 332 g/mol. The van der Waals surface area contributed by atoms with Crippen molar-refractivity contribution in [3.05, 3.63) is 29.3 Å². The second-order valence-corrected chi connectivity index (χ2v) is 6.14. The van der Waals surface area contributed by atoms with Crippen molar-refractivity contribution in [2.75, 3.05) is 44.6 Å². The van der Waals surface area contributed by atoms with Crippen LogP contribution in [0.3, 0.4) is 0 Å². The molecule has 7 nitrogen and oxygen atoms in total. The summed E-state index contributed by atoms with van der Waals surface area (Å²) < 4.78 is 0. The van der Waals surface area contributed by atoms with Crippen molar-refractivity contribution in [1.29, 1.82) is 0 Å². The fraction of sp³-hybridized carbons (Fsp3) is 0.500. The number of carbonyl (C=O) groups excluding carboxylic acids is 1. The van der Waals surface area contributed by atoms with E-state index in [2.05, 4.69) is 20.9 Å². The summed E-state index contributed by atoms with van der Waals surface area (Å²) in [6.45, 7) is 5.10. The summed E-state index contributed by atoms with van der Waals surface area (Å²) >= 11 is 5.86. The van der Waals surface area contributed by atoms with Gasteiger partial charge in [-0.2, -0.15) is 0 Å². The monoisotopic (exact) mass is 354 g/mol.